The molecule has 0 spiro atoms. The van der Waals surface area contributed by atoms with Crippen LogP contribution in [0.2, 0.25) is 0 Å². The third kappa shape index (κ3) is 2.85. The van der Waals surface area contributed by atoms with Gasteiger partial charge in [0.15, 0.2) is 11.3 Å². The molecule has 7 heteroatoms. The predicted molar refractivity (Wildman–Crippen MR) is 124 cm³/mol. The molecule has 0 saturated heterocycles. The van der Waals surface area contributed by atoms with E-state index in [4.69, 9.17) is 15.0 Å². The molecule has 2 aromatic carbocycles. The number of fused-ring (bicyclic) bond motifs is 4. The Bertz CT molecular complexity index is 1650. The number of rotatable bonds is 3. The minimum atomic E-state index is -0.112. The molecule has 0 aliphatic heterocycles. The number of hydrogen-bond donors (Lipinski definition) is 0. The van der Waals surface area contributed by atoms with Crippen LogP contribution in [0.4, 0.5) is 0 Å². The molecular formula is C24H17N5OS. The van der Waals surface area contributed by atoms with Crippen LogP contribution in [0.3, 0.4) is 0 Å². The van der Waals surface area contributed by atoms with Gasteiger partial charge in [0.2, 0.25) is 0 Å². The summed E-state index contributed by atoms with van der Waals surface area (Å²) >= 11 is 1.62. The van der Waals surface area contributed by atoms with Gasteiger partial charge in [-0.15, -0.1) is 11.3 Å². The Morgan fingerprint density at radius 3 is 2.55 bits per heavy atom. The fraction of sp³-hybridized carbons (Fsp3) is 0.0833. The highest BCUT2D eigenvalue weighted by Crippen LogP contribution is 2.28. The average Bonchev–Trinajstić information content (AvgIpc) is 3.40. The smallest absolute Gasteiger partial charge is 0.265 e. The zero-order valence-electron chi connectivity index (χ0n) is 16.7. The number of benzene rings is 2. The van der Waals surface area contributed by atoms with Crippen LogP contribution in [-0.4, -0.2) is 24.1 Å². The molecule has 0 amide bonds. The van der Waals surface area contributed by atoms with Crippen molar-refractivity contribution in [1.82, 2.24) is 24.1 Å². The lowest BCUT2D eigenvalue weighted by molar-refractivity contribution is 0.756. The highest BCUT2D eigenvalue weighted by atomic mass is 32.1. The Morgan fingerprint density at radius 2 is 1.77 bits per heavy atom. The number of aromatic nitrogens is 5. The minimum Gasteiger partial charge on any atom is -0.293 e. The molecule has 6 nitrogen and oxygen atoms in total. The first-order valence-corrected chi connectivity index (χ1v) is 10.8. The fourth-order valence-corrected chi connectivity index (χ4v) is 4.67. The van der Waals surface area contributed by atoms with E-state index in [1.807, 2.05) is 71.5 Å². The van der Waals surface area contributed by atoms with Gasteiger partial charge in [0.05, 0.1) is 17.6 Å². The molecular weight excluding hydrogens is 406 g/mol. The summed E-state index contributed by atoms with van der Waals surface area (Å²) < 4.78 is 3.58. The van der Waals surface area contributed by atoms with Gasteiger partial charge in [-0.05, 0) is 48.2 Å². The van der Waals surface area contributed by atoms with E-state index in [2.05, 4.69) is 6.07 Å². The highest BCUT2D eigenvalue weighted by Gasteiger charge is 2.21. The van der Waals surface area contributed by atoms with E-state index >= 15 is 0 Å². The number of para-hydroxylation sites is 2. The van der Waals surface area contributed by atoms with Crippen molar-refractivity contribution in [2.45, 2.75) is 13.5 Å². The number of nitrogens with zero attached hydrogens (tertiary/aromatic N) is 5. The van der Waals surface area contributed by atoms with Crippen molar-refractivity contribution in [2.75, 3.05) is 0 Å². The first-order valence-electron chi connectivity index (χ1n) is 9.95. The van der Waals surface area contributed by atoms with Crippen molar-refractivity contribution < 1.29 is 0 Å². The second-order valence-corrected chi connectivity index (χ2v) is 8.55. The standard InChI is InChI=1S/C24H17N5OS/c1-15-6-4-7-16(12-15)29-22-20(21-23(29)27-19-10-3-2-9-18(19)26-21)24(30)28(14-25-22)13-17-8-5-11-31-17/h2-12,14H,13H2,1H3. The van der Waals surface area contributed by atoms with Gasteiger partial charge in [-0.2, -0.15) is 0 Å². The van der Waals surface area contributed by atoms with Crippen molar-refractivity contribution in [2.24, 2.45) is 0 Å². The van der Waals surface area contributed by atoms with Crippen LogP contribution in [0.15, 0.2) is 77.2 Å². The molecule has 0 saturated carbocycles. The van der Waals surface area contributed by atoms with Crippen molar-refractivity contribution >= 4 is 44.6 Å². The topological polar surface area (TPSA) is 65.6 Å². The maximum absolute atomic E-state index is 13.6. The molecule has 0 atom stereocenters. The van der Waals surface area contributed by atoms with E-state index in [9.17, 15) is 4.79 Å². The molecule has 0 N–H and O–H groups in total. The van der Waals surface area contributed by atoms with E-state index in [1.54, 1.807) is 22.2 Å². The van der Waals surface area contributed by atoms with Gasteiger partial charge >= 0.3 is 0 Å². The van der Waals surface area contributed by atoms with E-state index in [0.29, 0.717) is 28.7 Å². The molecule has 4 aromatic heterocycles. The molecule has 6 aromatic rings. The molecule has 0 radical (unpaired) electrons. The first kappa shape index (κ1) is 18.0. The van der Waals surface area contributed by atoms with Gasteiger partial charge in [0, 0.05) is 10.6 Å². The Kier molecular flexibility index (Phi) is 3.97. The number of aryl methyl sites for hydroxylation is 1. The Morgan fingerprint density at radius 1 is 0.935 bits per heavy atom. The first-order chi connectivity index (χ1) is 15.2. The van der Waals surface area contributed by atoms with Gasteiger partial charge in [-0.25, -0.2) is 15.0 Å². The van der Waals surface area contributed by atoms with Crippen LogP contribution in [0.5, 0.6) is 0 Å². The zero-order chi connectivity index (χ0) is 20.9. The third-order valence-electron chi connectivity index (χ3n) is 5.40. The summed E-state index contributed by atoms with van der Waals surface area (Å²) in [4.78, 5) is 29.1. The maximum Gasteiger partial charge on any atom is 0.265 e. The van der Waals surface area contributed by atoms with Crippen LogP contribution in [0.1, 0.15) is 10.4 Å². The summed E-state index contributed by atoms with van der Waals surface area (Å²) in [5.41, 5.74) is 5.24. The summed E-state index contributed by atoms with van der Waals surface area (Å²) in [6.45, 7) is 2.53. The lowest BCUT2D eigenvalue weighted by Crippen LogP contribution is -2.21. The average molecular weight is 424 g/mol. The monoisotopic (exact) mass is 423 g/mol. The number of thiophene rings is 1. The van der Waals surface area contributed by atoms with Gasteiger partial charge in [0.25, 0.3) is 5.56 Å². The second-order valence-electron chi connectivity index (χ2n) is 7.51. The maximum atomic E-state index is 13.6. The Hall–Kier alpha value is -3.84. The third-order valence-corrected chi connectivity index (χ3v) is 6.26. The summed E-state index contributed by atoms with van der Waals surface area (Å²) in [7, 11) is 0. The van der Waals surface area contributed by atoms with Crippen LogP contribution in [0.25, 0.3) is 38.9 Å². The molecule has 0 bridgehead atoms. The largest absolute Gasteiger partial charge is 0.293 e. The second kappa shape index (κ2) is 6.85. The zero-order valence-corrected chi connectivity index (χ0v) is 17.5. The molecule has 150 valence electrons. The molecule has 31 heavy (non-hydrogen) atoms. The molecule has 0 aliphatic carbocycles. The Labute approximate surface area is 181 Å². The summed E-state index contributed by atoms with van der Waals surface area (Å²) in [5.74, 6) is 0. The molecule has 4 heterocycles. The van der Waals surface area contributed by atoms with E-state index < -0.39 is 0 Å². The Balaban J connectivity index is 1.74. The van der Waals surface area contributed by atoms with Gasteiger partial charge < -0.3 is 0 Å². The van der Waals surface area contributed by atoms with E-state index in [0.717, 1.165) is 27.2 Å². The van der Waals surface area contributed by atoms with Crippen molar-refractivity contribution in [3.05, 3.63) is 93.2 Å². The van der Waals surface area contributed by atoms with Crippen LogP contribution < -0.4 is 5.56 Å². The van der Waals surface area contributed by atoms with Gasteiger partial charge in [0.1, 0.15) is 17.2 Å². The quantitative estimate of drug-likeness (QED) is 0.414. The minimum absolute atomic E-state index is 0.112. The van der Waals surface area contributed by atoms with E-state index in [1.165, 1.54) is 0 Å². The van der Waals surface area contributed by atoms with Crippen LogP contribution in [-0.2, 0) is 6.54 Å². The lowest BCUT2D eigenvalue weighted by Gasteiger charge is -2.08. The van der Waals surface area contributed by atoms with Crippen molar-refractivity contribution in [1.29, 1.82) is 0 Å². The summed E-state index contributed by atoms with van der Waals surface area (Å²) in [6.07, 6.45) is 1.62. The van der Waals surface area contributed by atoms with Crippen LogP contribution >= 0.6 is 11.3 Å². The molecule has 0 aliphatic rings. The SMILES string of the molecule is Cc1cccc(-n2c3nc4ccccc4nc3c3c(=O)n(Cc4cccs4)cnc32)c1. The van der Waals surface area contributed by atoms with Crippen molar-refractivity contribution in [3.8, 4) is 5.69 Å². The normalized spacial score (nSPS) is 11.6. The van der Waals surface area contributed by atoms with Crippen LogP contribution in [0, 0.1) is 6.92 Å². The van der Waals surface area contributed by atoms with Gasteiger partial charge in [-0.3, -0.25) is 13.9 Å². The van der Waals surface area contributed by atoms with Crippen molar-refractivity contribution in [3.63, 3.8) is 0 Å². The molecule has 0 fully saturated rings. The molecule has 0 unspecified atom stereocenters. The predicted octanol–water partition coefficient (Wildman–Crippen LogP) is 4.70. The summed E-state index contributed by atoms with van der Waals surface area (Å²) in [5, 5.41) is 2.50. The highest BCUT2D eigenvalue weighted by molar-refractivity contribution is 7.09. The lowest BCUT2D eigenvalue weighted by atomic mass is 10.2. The number of hydrogen-bond acceptors (Lipinski definition) is 5. The van der Waals surface area contributed by atoms with E-state index in [-0.39, 0.29) is 5.56 Å². The van der Waals surface area contributed by atoms with Gasteiger partial charge in [-0.1, -0.05) is 30.3 Å². The summed E-state index contributed by atoms with van der Waals surface area (Å²) in [6, 6.07) is 19.8. The molecule has 6 rings (SSSR count). The fourth-order valence-electron chi connectivity index (χ4n) is 3.97.